The molecule has 2 aromatic carbocycles. The van der Waals surface area contributed by atoms with Crippen molar-refractivity contribution in [3.63, 3.8) is 0 Å². The molecule has 1 aliphatic rings. The zero-order valence-corrected chi connectivity index (χ0v) is 18.0. The van der Waals surface area contributed by atoms with E-state index < -0.39 is 11.5 Å². The number of aromatic nitrogens is 3. The van der Waals surface area contributed by atoms with Gasteiger partial charge in [0.15, 0.2) is 0 Å². The smallest absolute Gasteiger partial charge is 0.444 e. The average molecular weight is 475 g/mol. The summed E-state index contributed by atoms with van der Waals surface area (Å²) in [5.41, 5.74) is -1.06. The quantitative estimate of drug-likeness (QED) is 0.400. The predicted molar refractivity (Wildman–Crippen MR) is 115 cm³/mol. The first-order valence-electron chi connectivity index (χ1n) is 9.98. The normalized spacial score (nSPS) is 15.9. The molecule has 0 saturated heterocycles. The molecule has 1 aliphatic heterocycles. The molecule has 1 amide bonds. The summed E-state index contributed by atoms with van der Waals surface area (Å²) in [4.78, 5) is 21.9. The number of oxazole rings is 1. The van der Waals surface area contributed by atoms with Crippen LogP contribution in [0.25, 0.3) is 22.5 Å². The van der Waals surface area contributed by atoms with E-state index in [4.69, 9.17) is 20.8 Å². The number of hydrogen-bond donors (Lipinski definition) is 1. The minimum atomic E-state index is -3.82. The van der Waals surface area contributed by atoms with Crippen LogP contribution in [-0.4, -0.2) is 32.6 Å². The highest BCUT2D eigenvalue weighted by Gasteiger charge is 2.28. The van der Waals surface area contributed by atoms with Gasteiger partial charge in [-0.3, -0.25) is 4.79 Å². The number of imidazole rings is 1. The lowest BCUT2D eigenvalue weighted by Gasteiger charge is -2.23. The first-order chi connectivity index (χ1) is 15.8. The number of fused-ring (bicyclic) bond motifs is 3. The number of carbonyl (C=O) groups excluding carboxylic acids is 1. The van der Waals surface area contributed by atoms with E-state index in [-0.39, 0.29) is 11.8 Å². The summed E-state index contributed by atoms with van der Waals surface area (Å²) in [6.07, 6.45) is 2.99. The Kier molecular flexibility index (Phi) is 5.26. The fourth-order valence-electron chi connectivity index (χ4n) is 3.85. The second kappa shape index (κ2) is 8.13. The van der Waals surface area contributed by atoms with Crippen molar-refractivity contribution in [2.45, 2.75) is 25.1 Å². The van der Waals surface area contributed by atoms with Crippen LogP contribution >= 0.6 is 11.6 Å². The second-order valence-corrected chi connectivity index (χ2v) is 7.96. The first-order valence-corrected chi connectivity index (χ1v) is 10.4. The number of alkyl halides is 3. The number of benzene rings is 2. The minimum absolute atomic E-state index is 0.0493. The van der Waals surface area contributed by atoms with Crippen molar-refractivity contribution in [2.75, 3.05) is 11.9 Å². The van der Waals surface area contributed by atoms with Gasteiger partial charge in [0.05, 0.1) is 35.4 Å². The van der Waals surface area contributed by atoms with Gasteiger partial charge in [0.1, 0.15) is 24.4 Å². The molecule has 0 spiro atoms. The van der Waals surface area contributed by atoms with Gasteiger partial charge in [-0.15, -0.1) is 8.78 Å². The summed E-state index contributed by atoms with van der Waals surface area (Å²) in [5, 5.41) is 2.73. The van der Waals surface area contributed by atoms with Gasteiger partial charge in [0.25, 0.3) is 5.91 Å². The summed E-state index contributed by atoms with van der Waals surface area (Å²) in [6.45, 7) is 2.93. The van der Waals surface area contributed by atoms with Gasteiger partial charge >= 0.3 is 5.57 Å². The number of anilines is 1. The Morgan fingerprint density at radius 2 is 2.09 bits per heavy atom. The number of ether oxygens (including phenoxy) is 2. The third kappa shape index (κ3) is 4.27. The van der Waals surface area contributed by atoms with Crippen LogP contribution < -0.4 is 10.1 Å². The molecule has 33 heavy (non-hydrogen) atoms. The summed E-state index contributed by atoms with van der Waals surface area (Å²) in [6, 6.07) is 8.83. The van der Waals surface area contributed by atoms with Crippen LogP contribution in [0.3, 0.4) is 0 Å². The van der Waals surface area contributed by atoms with Crippen LogP contribution in [0.4, 0.5) is 14.5 Å². The molecule has 11 heteroatoms. The average Bonchev–Trinajstić information content (AvgIpc) is 3.41. The molecule has 1 N–H and O–H groups in total. The standard InChI is InChI=1S/C22H17ClF2N4O4/c1-12-10-31-11-18-28-17-9-13(8-16(19(17)29(12)18)21-26-6-7-32-21)20(30)27-14-2-4-15(5-3-14)33-22(23,24)25/h2-9,12H,10-11H2,1H3,(H,27,30)/t12-/m1/s1. The topological polar surface area (TPSA) is 91.4 Å². The van der Waals surface area contributed by atoms with E-state index >= 15 is 0 Å². The molecule has 0 radical (unpaired) electrons. The van der Waals surface area contributed by atoms with Gasteiger partial charge in [0.2, 0.25) is 5.89 Å². The van der Waals surface area contributed by atoms with Crippen LogP contribution in [0.5, 0.6) is 5.75 Å². The summed E-state index contributed by atoms with van der Waals surface area (Å²) >= 11 is 4.77. The number of nitrogens with one attached hydrogen (secondary N) is 1. The largest absolute Gasteiger partial charge is 0.487 e. The lowest BCUT2D eigenvalue weighted by atomic mass is 10.1. The Labute approximate surface area is 191 Å². The van der Waals surface area contributed by atoms with Gasteiger partial charge in [-0.25, -0.2) is 9.97 Å². The van der Waals surface area contributed by atoms with Crippen molar-refractivity contribution in [1.82, 2.24) is 14.5 Å². The number of hydrogen-bond acceptors (Lipinski definition) is 6. The molecule has 0 unspecified atom stereocenters. The molecule has 0 aliphatic carbocycles. The van der Waals surface area contributed by atoms with E-state index in [1.54, 1.807) is 12.1 Å². The fourth-order valence-corrected chi connectivity index (χ4v) is 3.93. The molecule has 170 valence electrons. The maximum absolute atomic E-state index is 13.0. The van der Waals surface area contributed by atoms with E-state index in [1.165, 1.54) is 36.7 Å². The zero-order valence-electron chi connectivity index (χ0n) is 17.2. The molecular weight excluding hydrogens is 458 g/mol. The number of rotatable bonds is 5. The molecular formula is C22H17ClF2N4O4. The molecule has 5 rings (SSSR count). The highest BCUT2D eigenvalue weighted by molar-refractivity contribution is 6.20. The molecule has 0 fully saturated rings. The molecule has 2 aromatic heterocycles. The van der Waals surface area contributed by atoms with Crippen LogP contribution in [-0.2, 0) is 11.3 Å². The van der Waals surface area contributed by atoms with Gasteiger partial charge in [-0.05, 0) is 43.3 Å². The maximum Gasteiger partial charge on any atom is 0.487 e. The minimum Gasteiger partial charge on any atom is -0.444 e. The predicted octanol–water partition coefficient (Wildman–Crippen LogP) is 5.20. The summed E-state index contributed by atoms with van der Waals surface area (Å²) < 4.78 is 43.0. The number of halogens is 3. The highest BCUT2D eigenvalue weighted by Crippen LogP contribution is 2.34. The molecule has 4 aromatic rings. The zero-order chi connectivity index (χ0) is 23.2. The Bertz CT molecular complexity index is 1320. The fraction of sp³-hybridized carbons (Fsp3) is 0.227. The number of nitrogens with zero attached hydrogens (tertiary/aromatic N) is 3. The third-order valence-corrected chi connectivity index (χ3v) is 5.24. The monoisotopic (exact) mass is 474 g/mol. The highest BCUT2D eigenvalue weighted by atomic mass is 35.5. The third-order valence-electron chi connectivity index (χ3n) is 5.16. The van der Waals surface area contributed by atoms with Crippen LogP contribution in [0.15, 0.2) is 53.3 Å². The Balaban J connectivity index is 1.50. The Hall–Kier alpha value is -3.50. The van der Waals surface area contributed by atoms with E-state index in [0.29, 0.717) is 41.4 Å². The van der Waals surface area contributed by atoms with Crippen molar-refractivity contribution in [3.05, 3.63) is 60.2 Å². The molecule has 1 atom stereocenters. The summed E-state index contributed by atoms with van der Waals surface area (Å²) in [5.74, 6) is 0.553. The van der Waals surface area contributed by atoms with E-state index in [2.05, 4.69) is 24.6 Å². The van der Waals surface area contributed by atoms with Crippen molar-refractivity contribution in [2.24, 2.45) is 0 Å². The Morgan fingerprint density at radius 3 is 2.79 bits per heavy atom. The van der Waals surface area contributed by atoms with Crippen molar-refractivity contribution < 1.29 is 27.5 Å². The van der Waals surface area contributed by atoms with Crippen LogP contribution in [0.2, 0.25) is 0 Å². The van der Waals surface area contributed by atoms with Gasteiger partial charge in [-0.2, -0.15) is 0 Å². The lowest BCUT2D eigenvalue weighted by molar-refractivity contribution is -0.0964. The molecule has 8 nitrogen and oxygen atoms in total. The second-order valence-electron chi connectivity index (χ2n) is 7.52. The van der Waals surface area contributed by atoms with Gasteiger partial charge < -0.3 is 23.8 Å². The maximum atomic E-state index is 13.0. The molecule has 3 heterocycles. The molecule has 0 saturated carbocycles. The van der Waals surface area contributed by atoms with Gasteiger partial charge in [-0.1, -0.05) is 0 Å². The van der Waals surface area contributed by atoms with Crippen molar-refractivity contribution in [3.8, 4) is 17.2 Å². The number of amides is 1. The van der Waals surface area contributed by atoms with E-state index in [1.807, 2.05) is 6.92 Å². The lowest BCUT2D eigenvalue weighted by Crippen LogP contribution is -2.21. The van der Waals surface area contributed by atoms with Crippen molar-refractivity contribution >= 4 is 34.2 Å². The Morgan fingerprint density at radius 1 is 1.30 bits per heavy atom. The van der Waals surface area contributed by atoms with E-state index in [0.717, 1.165) is 11.3 Å². The van der Waals surface area contributed by atoms with Crippen molar-refractivity contribution in [1.29, 1.82) is 0 Å². The van der Waals surface area contributed by atoms with Crippen LogP contribution in [0, 0.1) is 0 Å². The summed E-state index contributed by atoms with van der Waals surface area (Å²) in [7, 11) is 0. The first kappa shape index (κ1) is 21.4. The SMILES string of the molecule is C[C@@H]1COCc2nc3cc(C(=O)Nc4ccc(OC(F)(F)Cl)cc4)cc(-c4ncco4)c3n21. The van der Waals surface area contributed by atoms with Gasteiger partial charge in [0, 0.05) is 22.9 Å². The van der Waals surface area contributed by atoms with Crippen LogP contribution in [0.1, 0.15) is 29.1 Å². The molecule has 0 bridgehead atoms. The number of carbonyl (C=O) groups is 1. The van der Waals surface area contributed by atoms with E-state index in [9.17, 15) is 13.6 Å².